The summed E-state index contributed by atoms with van der Waals surface area (Å²) in [6.45, 7) is 3.95. The predicted molar refractivity (Wildman–Crippen MR) is 91.8 cm³/mol. The first-order valence-corrected chi connectivity index (χ1v) is 7.72. The highest BCUT2D eigenvalue weighted by atomic mass is 16.4. The maximum Gasteiger partial charge on any atom is 0.339 e. The molecule has 0 aliphatic carbocycles. The van der Waals surface area contributed by atoms with Crippen molar-refractivity contribution < 1.29 is 8.83 Å². The fourth-order valence-corrected chi connectivity index (χ4v) is 3.16. The van der Waals surface area contributed by atoms with Crippen LogP contribution < -0.4 is 5.63 Å². The van der Waals surface area contributed by atoms with E-state index in [1.807, 2.05) is 38.1 Å². The van der Waals surface area contributed by atoms with Crippen LogP contribution in [0, 0.1) is 6.92 Å². The van der Waals surface area contributed by atoms with Crippen molar-refractivity contribution in [3.8, 4) is 11.1 Å². The molecule has 0 saturated heterocycles. The fraction of sp³-hybridized carbons (Fsp3) is 0.150. The van der Waals surface area contributed by atoms with Gasteiger partial charge in [0.25, 0.3) is 0 Å². The summed E-state index contributed by atoms with van der Waals surface area (Å²) in [6.07, 6.45) is 2.42. The molecule has 3 nitrogen and oxygen atoms in total. The van der Waals surface area contributed by atoms with Crippen LogP contribution in [0.5, 0.6) is 0 Å². The van der Waals surface area contributed by atoms with Gasteiger partial charge in [0.2, 0.25) is 0 Å². The number of hydrogen-bond donors (Lipinski definition) is 0. The van der Waals surface area contributed by atoms with E-state index in [9.17, 15) is 4.79 Å². The zero-order valence-corrected chi connectivity index (χ0v) is 13.1. The van der Waals surface area contributed by atoms with Crippen LogP contribution in [-0.4, -0.2) is 0 Å². The molecule has 2 aromatic carbocycles. The van der Waals surface area contributed by atoms with Gasteiger partial charge in [0.05, 0.1) is 6.26 Å². The van der Waals surface area contributed by atoms with Gasteiger partial charge in [-0.15, -0.1) is 0 Å². The molecule has 114 valence electrons. The van der Waals surface area contributed by atoms with Gasteiger partial charge < -0.3 is 8.83 Å². The Bertz CT molecular complexity index is 1070. The van der Waals surface area contributed by atoms with E-state index in [1.54, 1.807) is 6.26 Å². The van der Waals surface area contributed by atoms with E-state index >= 15 is 0 Å². The van der Waals surface area contributed by atoms with Crippen LogP contribution >= 0.6 is 0 Å². The third-order valence-electron chi connectivity index (χ3n) is 4.42. The van der Waals surface area contributed by atoms with E-state index in [0.717, 1.165) is 38.6 Å². The minimum absolute atomic E-state index is 0.258. The van der Waals surface area contributed by atoms with Gasteiger partial charge in [0.1, 0.15) is 11.2 Å². The largest absolute Gasteiger partial charge is 0.464 e. The van der Waals surface area contributed by atoms with Gasteiger partial charge >= 0.3 is 5.63 Å². The second-order valence-corrected chi connectivity index (χ2v) is 5.71. The Labute approximate surface area is 133 Å². The molecule has 23 heavy (non-hydrogen) atoms. The summed E-state index contributed by atoms with van der Waals surface area (Å²) in [5.74, 6) is 0. The molecule has 2 heterocycles. The summed E-state index contributed by atoms with van der Waals surface area (Å²) < 4.78 is 11.2. The molecule has 2 aromatic heterocycles. The lowest BCUT2D eigenvalue weighted by molar-refractivity contribution is 0.548. The molecule has 0 aliphatic heterocycles. The van der Waals surface area contributed by atoms with E-state index < -0.39 is 0 Å². The van der Waals surface area contributed by atoms with Crippen LogP contribution in [0.25, 0.3) is 33.1 Å². The number of benzene rings is 2. The van der Waals surface area contributed by atoms with E-state index in [4.69, 9.17) is 8.83 Å². The number of aryl methyl sites for hydroxylation is 1. The topological polar surface area (TPSA) is 43.4 Å². The highest BCUT2D eigenvalue weighted by molar-refractivity contribution is 6.02. The fourth-order valence-electron chi connectivity index (χ4n) is 3.16. The van der Waals surface area contributed by atoms with Crippen LogP contribution in [0.2, 0.25) is 0 Å². The molecule has 3 heteroatoms. The first-order chi connectivity index (χ1) is 11.2. The van der Waals surface area contributed by atoms with Crippen molar-refractivity contribution in [1.29, 1.82) is 0 Å². The first-order valence-electron chi connectivity index (χ1n) is 7.72. The molecule has 0 aliphatic rings. The van der Waals surface area contributed by atoms with Crippen molar-refractivity contribution in [1.82, 2.24) is 0 Å². The predicted octanol–water partition coefficient (Wildman–Crippen LogP) is 5.08. The zero-order valence-electron chi connectivity index (χ0n) is 13.1. The summed E-state index contributed by atoms with van der Waals surface area (Å²) in [6, 6.07) is 14.0. The van der Waals surface area contributed by atoms with Crippen molar-refractivity contribution in [3.63, 3.8) is 0 Å². The second kappa shape index (κ2) is 5.13. The molecule has 0 radical (unpaired) electrons. The third kappa shape index (κ3) is 2.08. The maximum atomic E-state index is 12.1. The lowest BCUT2D eigenvalue weighted by Crippen LogP contribution is -2.08. The molecule has 0 fully saturated rings. The van der Waals surface area contributed by atoms with E-state index in [2.05, 4.69) is 18.2 Å². The molecule has 4 rings (SSSR count). The highest BCUT2D eigenvalue weighted by Crippen LogP contribution is 2.34. The van der Waals surface area contributed by atoms with Gasteiger partial charge in [0.15, 0.2) is 0 Å². The Kier molecular flexibility index (Phi) is 3.08. The highest BCUT2D eigenvalue weighted by Gasteiger charge is 2.14. The summed E-state index contributed by atoms with van der Waals surface area (Å²) in [7, 11) is 0. The van der Waals surface area contributed by atoms with Crippen LogP contribution in [0.4, 0.5) is 0 Å². The Morgan fingerprint density at radius 1 is 1.00 bits per heavy atom. The Balaban J connectivity index is 2.08. The minimum Gasteiger partial charge on any atom is -0.464 e. The van der Waals surface area contributed by atoms with Gasteiger partial charge in [-0.05, 0) is 30.5 Å². The Morgan fingerprint density at radius 3 is 2.52 bits per heavy atom. The van der Waals surface area contributed by atoms with Gasteiger partial charge in [-0.3, -0.25) is 0 Å². The lowest BCUT2D eigenvalue weighted by Gasteiger charge is -2.06. The number of furan rings is 1. The second-order valence-electron chi connectivity index (χ2n) is 5.71. The van der Waals surface area contributed by atoms with E-state index in [0.29, 0.717) is 12.0 Å². The van der Waals surface area contributed by atoms with Crippen molar-refractivity contribution in [2.45, 2.75) is 20.3 Å². The Hall–Kier alpha value is -2.81. The SMILES string of the molecule is CCc1c(C)c2cc3c(-c4ccccc4)coc3cc2oc1=O. The summed E-state index contributed by atoms with van der Waals surface area (Å²) >= 11 is 0. The summed E-state index contributed by atoms with van der Waals surface area (Å²) in [5, 5.41) is 2.00. The molecular weight excluding hydrogens is 288 g/mol. The number of fused-ring (bicyclic) bond motifs is 2. The van der Waals surface area contributed by atoms with Crippen LogP contribution in [0.1, 0.15) is 18.1 Å². The Morgan fingerprint density at radius 2 is 1.78 bits per heavy atom. The summed E-state index contributed by atoms with van der Waals surface area (Å²) in [4.78, 5) is 12.1. The standard InChI is InChI=1S/C20H16O3/c1-3-14-12(2)15-9-16-17(13-7-5-4-6-8-13)11-22-18(16)10-19(15)23-20(14)21/h4-11H,3H2,1-2H3. The average molecular weight is 304 g/mol. The number of rotatable bonds is 2. The monoisotopic (exact) mass is 304 g/mol. The summed E-state index contributed by atoms with van der Waals surface area (Å²) in [5.41, 5.74) is 4.92. The molecule has 0 atom stereocenters. The number of hydrogen-bond acceptors (Lipinski definition) is 3. The van der Waals surface area contributed by atoms with Crippen molar-refractivity contribution in [2.24, 2.45) is 0 Å². The molecule has 0 bridgehead atoms. The quantitative estimate of drug-likeness (QED) is 0.485. The van der Waals surface area contributed by atoms with Gasteiger partial charge in [-0.2, -0.15) is 0 Å². The smallest absolute Gasteiger partial charge is 0.339 e. The van der Waals surface area contributed by atoms with Crippen LogP contribution in [-0.2, 0) is 6.42 Å². The van der Waals surface area contributed by atoms with Crippen LogP contribution in [0.15, 0.2) is 62.4 Å². The van der Waals surface area contributed by atoms with Gasteiger partial charge in [-0.1, -0.05) is 37.3 Å². The molecule has 0 spiro atoms. The van der Waals surface area contributed by atoms with Gasteiger partial charge in [-0.25, -0.2) is 4.79 Å². The average Bonchev–Trinajstić information content (AvgIpc) is 2.97. The van der Waals surface area contributed by atoms with Crippen molar-refractivity contribution in [3.05, 3.63) is 70.3 Å². The molecule has 4 aromatic rings. The zero-order chi connectivity index (χ0) is 16.0. The van der Waals surface area contributed by atoms with E-state index in [1.165, 1.54) is 0 Å². The van der Waals surface area contributed by atoms with Crippen LogP contribution in [0.3, 0.4) is 0 Å². The molecule has 0 N–H and O–H groups in total. The normalized spacial score (nSPS) is 11.4. The van der Waals surface area contributed by atoms with E-state index in [-0.39, 0.29) is 5.63 Å². The van der Waals surface area contributed by atoms with Crippen molar-refractivity contribution in [2.75, 3.05) is 0 Å². The molecule has 0 amide bonds. The molecule has 0 saturated carbocycles. The molecule has 0 unspecified atom stereocenters. The van der Waals surface area contributed by atoms with Crippen molar-refractivity contribution >= 4 is 21.9 Å². The first kappa shape index (κ1) is 13.8. The minimum atomic E-state index is -0.258. The third-order valence-corrected chi connectivity index (χ3v) is 4.42. The maximum absolute atomic E-state index is 12.1. The molecular formula is C20H16O3. The van der Waals surface area contributed by atoms with Gasteiger partial charge in [0, 0.05) is 28.0 Å². The lowest BCUT2D eigenvalue weighted by atomic mass is 10.00.